The lowest BCUT2D eigenvalue weighted by molar-refractivity contribution is 0.171. The van der Waals surface area contributed by atoms with Gasteiger partial charge < -0.3 is 10.4 Å². The Morgan fingerprint density at radius 3 is 2.82 bits per heavy atom. The molecule has 1 fully saturated rings. The van der Waals surface area contributed by atoms with Gasteiger partial charge in [0, 0.05) is 6.04 Å². The molecule has 0 saturated carbocycles. The molecule has 1 heterocycles. The second-order valence-corrected chi connectivity index (χ2v) is 3.86. The van der Waals surface area contributed by atoms with Gasteiger partial charge in [-0.3, -0.25) is 0 Å². The third kappa shape index (κ3) is 2.46. The summed E-state index contributed by atoms with van der Waals surface area (Å²) in [6.45, 7) is 5.91. The second kappa shape index (κ2) is 4.07. The van der Waals surface area contributed by atoms with Crippen molar-refractivity contribution in [2.24, 2.45) is 11.8 Å². The average Bonchev–Trinajstić information content (AvgIpc) is 2.05. The molecule has 0 aromatic carbocycles. The zero-order valence-electron chi connectivity index (χ0n) is 7.51. The van der Waals surface area contributed by atoms with Gasteiger partial charge in [-0.15, -0.1) is 0 Å². The van der Waals surface area contributed by atoms with E-state index in [0.717, 1.165) is 24.8 Å². The van der Waals surface area contributed by atoms with Gasteiger partial charge in [-0.2, -0.15) is 0 Å². The van der Waals surface area contributed by atoms with E-state index in [4.69, 9.17) is 5.11 Å². The molecule has 2 N–H and O–H groups in total. The summed E-state index contributed by atoms with van der Waals surface area (Å²) in [7, 11) is 0. The standard InChI is InChI=1S/C9H19NO/c1-7(2)8-3-4-10-9(5-8)6-11/h7-11H,3-6H2,1-2H3/t8?,9-/m0/s1. The third-order valence-electron chi connectivity index (χ3n) is 2.70. The van der Waals surface area contributed by atoms with Crippen LogP contribution in [0.25, 0.3) is 0 Å². The molecule has 2 heteroatoms. The Morgan fingerprint density at radius 2 is 2.27 bits per heavy atom. The Morgan fingerprint density at radius 1 is 1.55 bits per heavy atom. The van der Waals surface area contributed by atoms with Crippen molar-refractivity contribution in [3.63, 3.8) is 0 Å². The van der Waals surface area contributed by atoms with E-state index in [1.54, 1.807) is 0 Å². The van der Waals surface area contributed by atoms with Crippen molar-refractivity contribution in [3.05, 3.63) is 0 Å². The van der Waals surface area contributed by atoms with E-state index >= 15 is 0 Å². The molecule has 0 aliphatic carbocycles. The molecule has 1 unspecified atom stereocenters. The van der Waals surface area contributed by atoms with E-state index in [2.05, 4.69) is 19.2 Å². The summed E-state index contributed by atoms with van der Waals surface area (Å²) in [6.07, 6.45) is 2.42. The average molecular weight is 157 g/mol. The van der Waals surface area contributed by atoms with Gasteiger partial charge in [-0.1, -0.05) is 13.8 Å². The Bertz CT molecular complexity index is 114. The molecule has 2 nitrogen and oxygen atoms in total. The van der Waals surface area contributed by atoms with Gasteiger partial charge in [0.25, 0.3) is 0 Å². The quantitative estimate of drug-likeness (QED) is 0.627. The fourth-order valence-electron chi connectivity index (χ4n) is 1.78. The summed E-state index contributed by atoms with van der Waals surface area (Å²) >= 11 is 0. The number of aliphatic hydroxyl groups excluding tert-OH is 1. The monoisotopic (exact) mass is 157 g/mol. The molecule has 1 aliphatic rings. The van der Waals surface area contributed by atoms with E-state index in [0.29, 0.717) is 12.6 Å². The molecule has 2 atom stereocenters. The summed E-state index contributed by atoms with van der Waals surface area (Å²) in [5.41, 5.74) is 0. The molecule has 1 aliphatic heterocycles. The topological polar surface area (TPSA) is 32.3 Å². The van der Waals surface area contributed by atoms with Crippen LogP contribution in [0.1, 0.15) is 26.7 Å². The number of nitrogens with one attached hydrogen (secondary N) is 1. The van der Waals surface area contributed by atoms with Gasteiger partial charge in [0.15, 0.2) is 0 Å². The molecule has 66 valence electrons. The predicted molar refractivity (Wildman–Crippen MR) is 46.4 cm³/mol. The Kier molecular flexibility index (Phi) is 3.34. The summed E-state index contributed by atoms with van der Waals surface area (Å²) in [5, 5.41) is 12.2. The maximum absolute atomic E-state index is 8.93. The lowest BCUT2D eigenvalue weighted by atomic mass is 9.84. The van der Waals surface area contributed by atoms with Crippen molar-refractivity contribution in [2.45, 2.75) is 32.7 Å². The normalized spacial score (nSPS) is 32.7. The van der Waals surface area contributed by atoms with Gasteiger partial charge >= 0.3 is 0 Å². The zero-order valence-corrected chi connectivity index (χ0v) is 7.51. The van der Waals surface area contributed by atoms with E-state index in [1.165, 1.54) is 6.42 Å². The number of aliphatic hydroxyl groups is 1. The van der Waals surface area contributed by atoms with Crippen molar-refractivity contribution in [1.82, 2.24) is 5.32 Å². The SMILES string of the molecule is CC(C)C1CCN[C@H](CO)C1. The molecule has 0 aromatic rings. The summed E-state index contributed by atoms with van der Waals surface area (Å²) in [5.74, 6) is 1.58. The van der Waals surface area contributed by atoms with Crippen molar-refractivity contribution in [3.8, 4) is 0 Å². The smallest absolute Gasteiger partial charge is 0.0584 e. The molecular weight excluding hydrogens is 138 g/mol. The van der Waals surface area contributed by atoms with Gasteiger partial charge in [0.1, 0.15) is 0 Å². The number of rotatable bonds is 2. The fraction of sp³-hybridized carbons (Fsp3) is 1.00. The van der Waals surface area contributed by atoms with E-state index < -0.39 is 0 Å². The summed E-state index contributed by atoms with van der Waals surface area (Å²) < 4.78 is 0. The van der Waals surface area contributed by atoms with Gasteiger partial charge in [0.05, 0.1) is 6.61 Å². The first-order valence-electron chi connectivity index (χ1n) is 4.58. The number of piperidine rings is 1. The van der Waals surface area contributed by atoms with Crippen LogP contribution in [0.2, 0.25) is 0 Å². The molecular formula is C9H19NO. The first-order valence-corrected chi connectivity index (χ1v) is 4.58. The first-order chi connectivity index (χ1) is 5.24. The minimum absolute atomic E-state index is 0.295. The highest BCUT2D eigenvalue weighted by atomic mass is 16.3. The molecule has 0 amide bonds. The molecule has 0 bridgehead atoms. The molecule has 0 spiro atoms. The van der Waals surface area contributed by atoms with Gasteiger partial charge in [-0.05, 0) is 31.2 Å². The van der Waals surface area contributed by atoms with Crippen molar-refractivity contribution in [1.29, 1.82) is 0 Å². The molecule has 1 saturated heterocycles. The van der Waals surface area contributed by atoms with Crippen molar-refractivity contribution >= 4 is 0 Å². The van der Waals surface area contributed by atoms with E-state index in [9.17, 15) is 0 Å². The summed E-state index contributed by atoms with van der Waals surface area (Å²) in [4.78, 5) is 0. The Balaban J connectivity index is 2.33. The highest BCUT2D eigenvalue weighted by Crippen LogP contribution is 2.23. The zero-order chi connectivity index (χ0) is 8.27. The fourth-order valence-corrected chi connectivity index (χ4v) is 1.78. The lowest BCUT2D eigenvalue weighted by Crippen LogP contribution is -2.41. The highest BCUT2D eigenvalue weighted by Gasteiger charge is 2.22. The Labute approximate surface area is 69.0 Å². The van der Waals surface area contributed by atoms with Crippen LogP contribution in [0.15, 0.2) is 0 Å². The predicted octanol–water partition coefficient (Wildman–Crippen LogP) is 1.00. The van der Waals surface area contributed by atoms with Crippen molar-refractivity contribution in [2.75, 3.05) is 13.2 Å². The molecule has 11 heavy (non-hydrogen) atoms. The maximum atomic E-state index is 8.93. The summed E-state index contributed by atoms with van der Waals surface area (Å²) in [6, 6.07) is 0.358. The van der Waals surface area contributed by atoms with Crippen LogP contribution < -0.4 is 5.32 Å². The van der Waals surface area contributed by atoms with E-state index in [-0.39, 0.29) is 0 Å². The molecule has 1 rings (SSSR count). The van der Waals surface area contributed by atoms with Crippen LogP contribution in [-0.2, 0) is 0 Å². The van der Waals surface area contributed by atoms with Crippen LogP contribution in [-0.4, -0.2) is 24.3 Å². The van der Waals surface area contributed by atoms with E-state index in [1.807, 2.05) is 0 Å². The lowest BCUT2D eigenvalue weighted by Gasteiger charge is -2.31. The van der Waals surface area contributed by atoms with Crippen LogP contribution in [0, 0.1) is 11.8 Å². The number of hydrogen-bond acceptors (Lipinski definition) is 2. The van der Waals surface area contributed by atoms with Crippen LogP contribution >= 0.6 is 0 Å². The third-order valence-corrected chi connectivity index (χ3v) is 2.70. The first kappa shape index (κ1) is 9.01. The largest absolute Gasteiger partial charge is 0.395 e. The van der Waals surface area contributed by atoms with Gasteiger partial charge in [-0.25, -0.2) is 0 Å². The van der Waals surface area contributed by atoms with Crippen molar-refractivity contribution < 1.29 is 5.11 Å². The van der Waals surface area contributed by atoms with Crippen LogP contribution in [0.3, 0.4) is 0 Å². The molecule has 0 radical (unpaired) electrons. The van der Waals surface area contributed by atoms with Crippen LogP contribution in [0.5, 0.6) is 0 Å². The minimum atomic E-state index is 0.295. The number of hydrogen-bond donors (Lipinski definition) is 2. The Hall–Kier alpha value is -0.0800. The maximum Gasteiger partial charge on any atom is 0.0584 e. The highest BCUT2D eigenvalue weighted by molar-refractivity contribution is 4.78. The minimum Gasteiger partial charge on any atom is -0.395 e. The van der Waals surface area contributed by atoms with Crippen LogP contribution in [0.4, 0.5) is 0 Å². The van der Waals surface area contributed by atoms with Gasteiger partial charge in [0.2, 0.25) is 0 Å². The molecule has 0 aromatic heterocycles. The second-order valence-electron chi connectivity index (χ2n) is 3.86.